The Bertz CT molecular complexity index is 458. The lowest BCUT2D eigenvalue weighted by Crippen LogP contribution is -2.22. The molecular weight excluding hydrogens is 379 g/mol. The zero-order valence-corrected chi connectivity index (χ0v) is 15.4. The number of carbonyl (C=O) groups excluding carboxylic acids is 1. The molecular formula is C16H25IN2O2. The van der Waals surface area contributed by atoms with Gasteiger partial charge in [-0.25, -0.2) is 4.79 Å². The molecule has 0 bridgehead atoms. The Morgan fingerprint density at radius 2 is 1.90 bits per heavy atom. The van der Waals surface area contributed by atoms with Crippen LogP contribution in [0.25, 0.3) is 0 Å². The van der Waals surface area contributed by atoms with E-state index in [-0.39, 0.29) is 0 Å². The van der Waals surface area contributed by atoms with Crippen LogP contribution in [0, 0.1) is 0 Å². The van der Waals surface area contributed by atoms with Gasteiger partial charge in [0.2, 0.25) is 0 Å². The Hall–Kier alpha value is -0.980. The monoisotopic (exact) mass is 404 g/mol. The number of nitrogens with zero attached hydrogens (tertiary/aromatic N) is 1. The summed E-state index contributed by atoms with van der Waals surface area (Å²) in [5.41, 5.74) is 2.51. The van der Waals surface area contributed by atoms with Crippen LogP contribution in [0.3, 0.4) is 0 Å². The molecule has 1 saturated carbocycles. The van der Waals surface area contributed by atoms with E-state index in [0.29, 0.717) is 11.7 Å². The molecule has 0 radical (unpaired) electrons. The van der Waals surface area contributed by atoms with Crippen molar-refractivity contribution in [1.29, 1.82) is 0 Å². The summed E-state index contributed by atoms with van der Waals surface area (Å²) in [7, 11) is 5.66. The van der Waals surface area contributed by atoms with Crippen molar-refractivity contribution in [2.45, 2.75) is 31.6 Å². The number of benzene rings is 1. The fraction of sp³-hybridized carbons (Fsp3) is 0.562. The predicted molar refractivity (Wildman–Crippen MR) is 97.0 cm³/mol. The molecule has 0 unspecified atom stereocenters. The van der Waals surface area contributed by atoms with Crippen molar-refractivity contribution in [2.75, 3.05) is 31.0 Å². The smallest absolute Gasteiger partial charge is 0.410 e. The Morgan fingerprint density at radius 3 is 2.43 bits per heavy atom. The van der Waals surface area contributed by atoms with Crippen LogP contribution in [-0.2, 0) is 0 Å². The zero-order valence-electron chi connectivity index (χ0n) is 13.3. The number of nitrogens with one attached hydrogen (secondary N) is 1. The quantitative estimate of drug-likeness (QED) is 0.607. The third kappa shape index (κ3) is 5.05. The normalized spacial score (nSPS) is 14.1. The third-order valence-electron chi connectivity index (χ3n) is 3.69. The average molecular weight is 404 g/mol. The topological polar surface area (TPSA) is 41.6 Å². The molecule has 0 atom stereocenters. The number of carbonyl (C=O) groups is 1. The summed E-state index contributed by atoms with van der Waals surface area (Å²) >= 11 is 2.15. The Labute approximate surface area is 141 Å². The van der Waals surface area contributed by atoms with Gasteiger partial charge in [-0.05, 0) is 47.5 Å². The maximum absolute atomic E-state index is 11.3. The van der Waals surface area contributed by atoms with Crippen LogP contribution in [0.2, 0.25) is 0 Å². The highest BCUT2D eigenvalue weighted by molar-refractivity contribution is 14.1. The number of hydrogen-bond donors (Lipinski definition) is 1. The van der Waals surface area contributed by atoms with Crippen LogP contribution in [-0.4, -0.2) is 32.2 Å². The van der Waals surface area contributed by atoms with Crippen LogP contribution in [0.5, 0.6) is 5.75 Å². The largest absolute Gasteiger partial charge is 0.412 e. The van der Waals surface area contributed by atoms with E-state index in [4.69, 9.17) is 4.74 Å². The van der Waals surface area contributed by atoms with Gasteiger partial charge in [-0.15, -0.1) is 0 Å². The SMILES string of the molecule is CI.CNC(=O)Oc1ccc(N(C)C)c(C2CCCC2)c1. The number of anilines is 1. The number of ether oxygens (including phenoxy) is 1. The molecule has 0 aliphatic heterocycles. The standard InChI is InChI=1S/C15H22N2O2.CH3I/c1-16-15(18)19-12-8-9-14(17(2)3)13(10-12)11-6-4-5-7-11;1-2/h8-11H,4-7H2,1-3H3,(H,16,18);1H3. The summed E-state index contributed by atoms with van der Waals surface area (Å²) in [5, 5.41) is 2.47. The van der Waals surface area contributed by atoms with Crippen molar-refractivity contribution in [3.05, 3.63) is 23.8 Å². The molecule has 5 heteroatoms. The van der Waals surface area contributed by atoms with E-state index in [0.717, 1.165) is 0 Å². The fourth-order valence-electron chi connectivity index (χ4n) is 2.73. The first-order valence-electron chi connectivity index (χ1n) is 7.20. The second kappa shape index (κ2) is 9.12. The van der Waals surface area contributed by atoms with Gasteiger partial charge < -0.3 is 15.0 Å². The number of hydrogen-bond acceptors (Lipinski definition) is 3. The molecule has 1 amide bonds. The van der Waals surface area contributed by atoms with E-state index < -0.39 is 6.09 Å². The Kier molecular flexibility index (Phi) is 7.85. The minimum absolute atomic E-state index is 0.421. The van der Waals surface area contributed by atoms with Crippen molar-refractivity contribution < 1.29 is 9.53 Å². The fourth-order valence-corrected chi connectivity index (χ4v) is 2.73. The van der Waals surface area contributed by atoms with Gasteiger partial charge in [-0.3, -0.25) is 0 Å². The number of rotatable bonds is 3. The van der Waals surface area contributed by atoms with Crippen LogP contribution >= 0.6 is 22.6 Å². The number of halogens is 1. The zero-order chi connectivity index (χ0) is 15.8. The van der Waals surface area contributed by atoms with Crippen molar-refractivity contribution in [1.82, 2.24) is 5.32 Å². The highest BCUT2D eigenvalue weighted by atomic mass is 127. The molecule has 1 fully saturated rings. The average Bonchev–Trinajstić information content (AvgIpc) is 3.03. The number of amides is 1. The van der Waals surface area contributed by atoms with E-state index >= 15 is 0 Å². The second-order valence-electron chi connectivity index (χ2n) is 5.24. The molecule has 1 aromatic carbocycles. The first kappa shape index (κ1) is 18.1. The summed E-state index contributed by atoms with van der Waals surface area (Å²) in [6, 6.07) is 5.90. The molecule has 0 saturated heterocycles. The van der Waals surface area contributed by atoms with Gasteiger partial charge in [0.1, 0.15) is 5.75 Å². The molecule has 0 heterocycles. The molecule has 0 spiro atoms. The van der Waals surface area contributed by atoms with E-state index in [1.807, 2.05) is 37.2 Å². The van der Waals surface area contributed by atoms with Crippen molar-refractivity contribution >= 4 is 34.4 Å². The van der Waals surface area contributed by atoms with Crippen LogP contribution < -0.4 is 15.0 Å². The summed E-state index contributed by atoms with van der Waals surface area (Å²) in [5.74, 6) is 1.21. The Balaban J connectivity index is 0.00000106. The third-order valence-corrected chi connectivity index (χ3v) is 3.69. The summed E-state index contributed by atoms with van der Waals surface area (Å²) in [4.78, 5) is 15.4. The van der Waals surface area contributed by atoms with E-state index in [9.17, 15) is 4.79 Å². The van der Waals surface area contributed by atoms with E-state index in [1.54, 1.807) is 7.05 Å². The highest BCUT2D eigenvalue weighted by Crippen LogP contribution is 2.40. The van der Waals surface area contributed by atoms with Gasteiger partial charge in [0, 0.05) is 26.8 Å². The van der Waals surface area contributed by atoms with E-state index in [2.05, 4.69) is 32.8 Å². The van der Waals surface area contributed by atoms with Crippen LogP contribution in [0.4, 0.5) is 10.5 Å². The van der Waals surface area contributed by atoms with Crippen molar-refractivity contribution in [2.24, 2.45) is 0 Å². The lowest BCUT2D eigenvalue weighted by atomic mass is 9.95. The lowest BCUT2D eigenvalue weighted by molar-refractivity contribution is 0.203. The first-order chi connectivity index (χ1) is 10.1. The maximum Gasteiger partial charge on any atom is 0.412 e. The molecule has 2 rings (SSSR count). The van der Waals surface area contributed by atoms with Gasteiger partial charge >= 0.3 is 6.09 Å². The van der Waals surface area contributed by atoms with Gasteiger partial charge in [0.25, 0.3) is 0 Å². The summed E-state index contributed by atoms with van der Waals surface area (Å²) in [6.07, 6.45) is 4.61. The Morgan fingerprint density at radius 1 is 1.29 bits per heavy atom. The maximum atomic E-state index is 11.3. The van der Waals surface area contributed by atoms with Crippen molar-refractivity contribution in [3.8, 4) is 5.75 Å². The molecule has 1 aromatic rings. The van der Waals surface area contributed by atoms with E-state index in [1.165, 1.54) is 36.9 Å². The molecule has 0 aromatic heterocycles. The molecule has 1 N–H and O–H groups in total. The van der Waals surface area contributed by atoms with Gasteiger partial charge in [-0.2, -0.15) is 0 Å². The molecule has 1 aliphatic carbocycles. The minimum Gasteiger partial charge on any atom is -0.410 e. The molecule has 21 heavy (non-hydrogen) atoms. The van der Waals surface area contributed by atoms with Gasteiger partial charge in [0.15, 0.2) is 0 Å². The summed E-state index contributed by atoms with van der Waals surface area (Å²) < 4.78 is 5.23. The van der Waals surface area contributed by atoms with Gasteiger partial charge in [-0.1, -0.05) is 35.4 Å². The van der Waals surface area contributed by atoms with Crippen LogP contribution in [0.1, 0.15) is 37.2 Å². The highest BCUT2D eigenvalue weighted by Gasteiger charge is 2.21. The first-order valence-corrected chi connectivity index (χ1v) is 9.36. The molecule has 118 valence electrons. The van der Waals surface area contributed by atoms with Crippen molar-refractivity contribution in [3.63, 3.8) is 0 Å². The van der Waals surface area contributed by atoms with Crippen LogP contribution in [0.15, 0.2) is 18.2 Å². The van der Waals surface area contributed by atoms with Gasteiger partial charge in [0.05, 0.1) is 0 Å². The molecule has 4 nitrogen and oxygen atoms in total. The number of alkyl halides is 1. The lowest BCUT2D eigenvalue weighted by Gasteiger charge is -2.22. The molecule has 1 aliphatic rings. The summed E-state index contributed by atoms with van der Waals surface area (Å²) in [6.45, 7) is 0. The minimum atomic E-state index is -0.421. The second-order valence-corrected chi connectivity index (χ2v) is 5.24. The predicted octanol–water partition coefficient (Wildman–Crippen LogP) is 4.18.